The molecule has 0 atom stereocenters. The molecule has 0 radical (unpaired) electrons. The van der Waals surface area contributed by atoms with Gasteiger partial charge in [0.05, 0.1) is 12.8 Å². The molecule has 0 saturated carbocycles. The summed E-state index contributed by atoms with van der Waals surface area (Å²) in [6.45, 7) is 0.434. The van der Waals surface area contributed by atoms with Crippen LogP contribution in [0.3, 0.4) is 0 Å². The quantitative estimate of drug-likeness (QED) is 0.829. The molecule has 0 spiro atoms. The SMILES string of the molecule is CN(Cc1ccco1)C(=O)CCc1ccccc1F. The van der Waals surface area contributed by atoms with Crippen molar-refractivity contribution < 1.29 is 13.6 Å². The van der Waals surface area contributed by atoms with E-state index in [9.17, 15) is 9.18 Å². The lowest BCUT2D eigenvalue weighted by Gasteiger charge is -2.15. The number of rotatable bonds is 5. The predicted octanol–water partition coefficient (Wildman–Crippen LogP) is 3.01. The van der Waals surface area contributed by atoms with Crippen molar-refractivity contribution in [1.29, 1.82) is 0 Å². The molecule has 0 fully saturated rings. The lowest BCUT2D eigenvalue weighted by molar-refractivity contribution is -0.130. The minimum atomic E-state index is -0.260. The van der Waals surface area contributed by atoms with E-state index in [0.29, 0.717) is 18.5 Å². The Morgan fingerprint density at radius 3 is 2.74 bits per heavy atom. The molecule has 0 N–H and O–H groups in total. The van der Waals surface area contributed by atoms with Crippen molar-refractivity contribution in [1.82, 2.24) is 4.90 Å². The third kappa shape index (κ3) is 3.68. The van der Waals surface area contributed by atoms with Crippen LogP contribution in [0.15, 0.2) is 47.1 Å². The topological polar surface area (TPSA) is 33.5 Å². The standard InChI is InChI=1S/C15H16FNO2/c1-17(11-13-6-4-10-19-13)15(18)9-8-12-5-2-3-7-14(12)16/h2-7,10H,8-9,11H2,1H3. The van der Waals surface area contributed by atoms with Gasteiger partial charge in [-0.05, 0) is 30.2 Å². The molecule has 3 nitrogen and oxygen atoms in total. The van der Waals surface area contributed by atoms with Crippen LogP contribution in [0.25, 0.3) is 0 Å². The highest BCUT2D eigenvalue weighted by molar-refractivity contribution is 5.76. The van der Waals surface area contributed by atoms with Gasteiger partial charge in [-0.15, -0.1) is 0 Å². The number of carbonyl (C=O) groups excluding carboxylic acids is 1. The van der Waals surface area contributed by atoms with E-state index in [1.807, 2.05) is 6.07 Å². The van der Waals surface area contributed by atoms with Crippen molar-refractivity contribution >= 4 is 5.91 Å². The van der Waals surface area contributed by atoms with Crippen molar-refractivity contribution in [2.45, 2.75) is 19.4 Å². The fourth-order valence-corrected chi connectivity index (χ4v) is 1.86. The van der Waals surface area contributed by atoms with Crippen LogP contribution in [0.2, 0.25) is 0 Å². The minimum absolute atomic E-state index is 0.0281. The number of amides is 1. The molecule has 1 amide bonds. The van der Waals surface area contributed by atoms with E-state index < -0.39 is 0 Å². The highest BCUT2D eigenvalue weighted by atomic mass is 19.1. The average Bonchev–Trinajstić information content (AvgIpc) is 2.90. The first kappa shape index (κ1) is 13.3. The zero-order valence-corrected chi connectivity index (χ0v) is 10.8. The van der Waals surface area contributed by atoms with Gasteiger partial charge in [0.15, 0.2) is 0 Å². The highest BCUT2D eigenvalue weighted by Crippen LogP contribution is 2.11. The van der Waals surface area contributed by atoms with E-state index in [1.165, 1.54) is 6.07 Å². The monoisotopic (exact) mass is 261 g/mol. The van der Waals surface area contributed by atoms with Crippen LogP contribution in [0.4, 0.5) is 4.39 Å². The number of hydrogen-bond donors (Lipinski definition) is 0. The molecule has 0 unspecified atom stereocenters. The number of hydrogen-bond acceptors (Lipinski definition) is 2. The minimum Gasteiger partial charge on any atom is -0.467 e. The largest absolute Gasteiger partial charge is 0.467 e. The summed E-state index contributed by atoms with van der Waals surface area (Å²) in [6, 6.07) is 10.1. The summed E-state index contributed by atoms with van der Waals surface area (Å²) in [5.74, 6) is 0.449. The summed E-state index contributed by atoms with van der Waals surface area (Å²) in [5, 5.41) is 0. The maximum absolute atomic E-state index is 13.4. The summed E-state index contributed by atoms with van der Waals surface area (Å²) in [5.41, 5.74) is 0.572. The molecule has 1 aromatic carbocycles. The molecule has 4 heteroatoms. The number of halogens is 1. The fraction of sp³-hybridized carbons (Fsp3) is 0.267. The Morgan fingerprint density at radius 2 is 2.05 bits per heavy atom. The molecular weight excluding hydrogens is 245 g/mol. The van der Waals surface area contributed by atoms with Gasteiger partial charge in [-0.2, -0.15) is 0 Å². The number of furan rings is 1. The second-order valence-corrected chi connectivity index (χ2v) is 4.42. The van der Waals surface area contributed by atoms with Crippen molar-refractivity contribution in [3.63, 3.8) is 0 Å². The fourth-order valence-electron chi connectivity index (χ4n) is 1.86. The van der Waals surface area contributed by atoms with Crippen LogP contribution < -0.4 is 0 Å². The number of benzene rings is 1. The van der Waals surface area contributed by atoms with E-state index in [1.54, 1.807) is 42.5 Å². The Kier molecular flexibility index (Phi) is 4.34. The normalized spacial score (nSPS) is 10.4. The molecule has 0 bridgehead atoms. The number of aryl methyl sites for hydroxylation is 1. The van der Waals surface area contributed by atoms with E-state index in [-0.39, 0.29) is 18.1 Å². The van der Waals surface area contributed by atoms with Gasteiger partial charge in [0.1, 0.15) is 11.6 Å². The zero-order valence-electron chi connectivity index (χ0n) is 10.8. The second kappa shape index (κ2) is 6.18. The lowest BCUT2D eigenvalue weighted by atomic mass is 10.1. The average molecular weight is 261 g/mol. The molecule has 19 heavy (non-hydrogen) atoms. The third-order valence-electron chi connectivity index (χ3n) is 2.96. The highest BCUT2D eigenvalue weighted by Gasteiger charge is 2.11. The maximum atomic E-state index is 13.4. The van der Waals surface area contributed by atoms with Gasteiger partial charge in [0.25, 0.3) is 0 Å². The third-order valence-corrected chi connectivity index (χ3v) is 2.96. The van der Waals surface area contributed by atoms with Gasteiger partial charge in [0.2, 0.25) is 5.91 Å². The first-order valence-electron chi connectivity index (χ1n) is 6.16. The Hall–Kier alpha value is -2.10. The van der Waals surface area contributed by atoms with E-state index >= 15 is 0 Å². The first-order chi connectivity index (χ1) is 9.16. The van der Waals surface area contributed by atoms with Crippen LogP contribution in [-0.2, 0) is 17.8 Å². The van der Waals surface area contributed by atoms with Crippen molar-refractivity contribution in [2.75, 3.05) is 7.05 Å². The summed E-state index contributed by atoms with van der Waals surface area (Å²) < 4.78 is 18.6. The Morgan fingerprint density at radius 1 is 1.26 bits per heavy atom. The van der Waals surface area contributed by atoms with Gasteiger partial charge in [-0.1, -0.05) is 18.2 Å². The van der Waals surface area contributed by atoms with Crippen molar-refractivity contribution in [3.05, 3.63) is 59.8 Å². The van der Waals surface area contributed by atoms with Crippen LogP contribution in [0.5, 0.6) is 0 Å². The van der Waals surface area contributed by atoms with Crippen LogP contribution in [-0.4, -0.2) is 17.9 Å². The molecule has 0 aliphatic heterocycles. The molecule has 0 aliphatic carbocycles. The van der Waals surface area contributed by atoms with Gasteiger partial charge >= 0.3 is 0 Å². The lowest BCUT2D eigenvalue weighted by Crippen LogP contribution is -2.26. The summed E-state index contributed by atoms with van der Waals surface area (Å²) in [7, 11) is 1.71. The predicted molar refractivity (Wildman–Crippen MR) is 69.9 cm³/mol. The van der Waals surface area contributed by atoms with Gasteiger partial charge < -0.3 is 9.32 Å². The molecule has 0 aliphatic rings. The van der Waals surface area contributed by atoms with Crippen molar-refractivity contribution in [3.8, 4) is 0 Å². The summed E-state index contributed by atoms with van der Waals surface area (Å²) in [6.07, 6.45) is 2.28. The Bertz CT molecular complexity index is 537. The van der Waals surface area contributed by atoms with Gasteiger partial charge in [-0.25, -0.2) is 4.39 Å². The smallest absolute Gasteiger partial charge is 0.223 e. The van der Waals surface area contributed by atoms with E-state index in [4.69, 9.17) is 4.42 Å². The Labute approximate surface area is 111 Å². The summed E-state index contributed by atoms with van der Waals surface area (Å²) in [4.78, 5) is 13.5. The number of carbonyl (C=O) groups is 1. The van der Waals surface area contributed by atoms with Gasteiger partial charge in [0, 0.05) is 13.5 Å². The van der Waals surface area contributed by atoms with Crippen LogP contribution in [0.1, 0.15) is 17.7 Å². The van der Waals surface area contributed by atoms with E-state index in [2.05, 4.69) is 0 Å². The molecule has 2 aromatic rings. The first-order valence-corrected chi connectivity index (χ1v) is 6.16. The molecule has 100 valence electrons. The molecule has 1 aromatic heterocycles. The van der Waals surface area contributed by atoms with Crippen LogP contribution >= 0.6 is 0 Å². The van der Waals surface area contributed by atoms with Crippen LogP contribution in [0, 0.1) is 5.82 Å². The number of nitrogens with zero attached hydrogens (tertiary/aromatic N) is 1. The molecular formula is C15H16FNO2. The zero-order chi connectivity index (χ0) is 13.7. The maximum Gasteiger partial charge on any atom is 0.223 e. The van der Waals surface area contributed by atoms with E-state index in [0.717, 1.165) is 5.76 Å². The summed E-state index contributed by atoms with van der Waals surface area (Å²) >= 11 is 0. The second-order valence-electron chi connectivity index (χ2n) is 4.42. The molecule has 2 rings (SSSR count). The molecule has 0 saturated heterocycles. The molecule has 1 heterocycles. The van der Waals surface area contributed by atoms with Crippen molar-refractivity contribution in [2.24, 2.45) is 0 Å². The Balaban J connectivity index is 1.86. The van der Waals surface area contributed by atoms with Gasteiger partial charge in [-0.3, -0.25) is 4.79 Å².